The van der Waals surface area contributed by atoms with E-state index in [0.717, 1.165) is 19.6 Å². The molecule has 0 aromatic heterocycles. The Hall–Kier alpha value is 0.270. The summed E-state index contributed by atoms with van der Waals surface area (Å²) in [6.45, 7) is 1.82. The van der Waals surface area contributed by atoms with Crippen LogP contribution in [0.3, 0.4) is 0 Å². The van der Waals surface area contributed by atoms with Gasteiger partial charge in [0.2, 0.25) is 0 Å². The third-order valence-electron chi connectivity index (χ3n) is 0.702. The molecule has 1 aliphatic rings. The molecule has 0 spiro atoms. The number of nitrogens with zero attached hydrogens (tertiary/aromatic N) is 3. The topological polar surface area (TPSA) is 67.9 Å². The first-order valence-electron chi connectivity index (χ1n) is 2.29. The van der Waals surface area contributed by atoms with E-state index >= 15 is 0 Å². The Morgan fingerprint density at radius 1 is 1.44 bits per heavy atom. The van der Waals surface area contributed by atoms with E-state index < -0.39 is 0 Å². The minimum absolute atomic E-state index is 0. The zero-order valence-electron chi connectivity index (χ0n) is 5.45. The van der Waals surface area contributed by atoms with E-state index in [2.05, 4.69) is 6.42 Å². The van der Waals surface area contributed by atoms with Crippen molar-refractivity contribution in [2.45, 2.75) is 6.42 Å². The van der Waals surface area contributed by atoms with Gasteiger partial charge in [0.15, 0.2) is 0 Å². The van der Waals surface area contributed by atoms with Crippen molar-refractivity contribution in [2.24, 2.45) is 0 Å². The van der Waals surface area contributed by atoms with Crippen molar-refractivity contribution in [2.75, 3.05) is 13.2 Å². The van der Waals surface area contributed by atoms with Gasteiger partial charge in [0.1, 0.15) is 0 Å². The van der Waals surface area contributed by atoms with Crippen LogP contribution in [-0.4, -0.2) is 13.2 Å². The van der Waals surface area contributed by atoms with Gasteiger partial charge < -0.3 is 22.2 Å². The minimum atomic E-state index is 0. The van der Waals surface area contributed by atoms with Crippen molar-refractivity contribution in [3.8, 4) is 0 Å². The first-order valence-corrected chi connectivity index (χ1v) is 2.29. The first-order chi connectivity index (χ1) is 3.91. The molecule has 0 aliphatic carbocycles. The second-order valence-electron chi connectivity index (χ2n) is 1.24. The van der Waals surface area contributed by atoms with Gasteiger partial charge in [-0.25, -0.2) is 0 Å². The van der Waals surface area contributed by atoms with Gasteiger partial charge in [-0.3, -0.25) is 4.91 Å². The number of ether oxygens (including phenoxy) is 1. The molecule has 9 heavy (non-hydrogen) atoms. The number of rotatable bonds is 0. The van der Waals surface area contributed by atoms with Gasteiger partial charge >= 0.3 is 29.6 Å². The van der Waals surface area contributed by atoms with Crippen LogP contribution in [0.25, 0.3) is 16.0 Å². The molecule has 1 aliphatic heterocycles. The summed E-state index contributed by atoms with van der Waals surface area (Å²) in [4.78, 5) is 1.50. The fourth-order valence-electron chi connectivity index (χ4n) is 0.417. The van der Waals surface area contributed by atoms with Gasteiger partial charge in [0.05, 0.1) is 0 Å². The molecule has 0 aromatic rings. The largest absolute Gasteiger partial charge is 1.00 e. The van der Waals surface area contributed by atoms with Crippen LogP contribution in [0.5, 0.6) is 0 Å². The average Bonchev–Trinajstić information content (AvgIpc) is 2.17. The summed E-state index contributed by atoms with van der Waals surface area (Å²) in [5.41, 5.74) is 13.5. The Balaban J connectivity index is 0. The molecule has 0 unspecified atom stereocenters. The van der Waals surface area contributed by atoms with Crippen molar-refractivity contribution in [3.05, 3.63) is 22.4 Å². The Kier molecular flexibility index (Phi) is 14.8. The summed E-state index contributed by atoms with van der Waals surface area (Å²) in [5, 5.41) is 0. The first kappa shape index (κ1) is 12.0. The Labute approximate surface area is 76.3 Å². The normalized spacial score (nSPS) is 14.2. The van der Waals surface area contributed by atoms with Crippen LogP contribution in [0.2, 0.25) is 0 Å². The van der Waals surface area contributed by atoms with Crippen LogP contribution >= 0.6 is 0 Å². The van der Waals surface area contributed by atoms with Crippen LogP contribution in [0, 0.1) is 6.42 Å². The molecule has 0 bridgehead atoms. The summed E-state index contributed by atoms with van der Waals surface area (Å²) in [7, 11) is 0. The van der Waals surface area contributed by atoms with Gasteiger partial charge in [-0.1, -0.05) is 6.61 Å². The van der Waals surface area contributed by atoms with Gasteiger partial charge in [-0.05, 0) is 0 Å². The SMILES string of the molecule is [CH-]1CCOC1.[N-]=[N+]=[N-].[Na+]. The number of hydrogen-bond donors (Lipinski definition) is 0. The molecule has 5 heteroatoms. The average molecular weight is 136 g/mol. The van der Waals surface area contributed by atoms with E-state index in [0.29, 0.717) is 0 Å². The van der Waals surface area contributed by atoms with Crippen LogP contribution < -0.4 is 29.6 Å². The molecule has 0 N–H and O–H groups in total. The van der Waals surface area contributed by atoms with E-state index in [-0.39, 0.29) is 29.6 Å². The molecule has 0 aromatic carbocycles. The van der Waals surface area contributed by atoms with E-state index in [1.165, 1.54) is 4.91 Å². The maximum absolute atomic E-state index is 6.75. The summed E-state index contributed by atoms with van der Waals surface area (Å²) < 4.78 is 4.89. The molecule has 1 fully saturated rings. The van der Waals surface area contributed by atoms with Crippen LogP contribution in [-0.2, 0) is 4.74 Å². The van der Waals surface area contributed by atoms with Gasteiger partial charge in [0, 0.05) is 6.61 Å². The molecule has 1 saturated heterocycles. The molecule has 46 valence electrons. The third-order valence-corrected chi connectivity index (χ3v) is 0.702. The molecule has 0 amide bonds. The second-order valence-corrected chi connectivity index (χ2v) is 1.24. The monoisotopic (exact) mass is 136 g/mol. The molecule has 0 radical (unpaired) electrons. The molecule has 1 rings (SSSR count). The van der Waals surface area contributed by atoms with Crippen molar-refractivity contribution in [1.82, 2.24) is 0 Å². The van der Waals surface area contributed by atoms with Crippen molar-refractivity contribution < 1.29 is 34.3 Å². The molecule has 4 nitrogen and oxygen atoms in total. The summed E-state index contributed by atoms with van der Waals surface area (Å²) in [6, 6.07) is 0. The van der Waals surface area contributed by atoms with E-state index in [1.54, 1.807) is 0 Å². The van der Waals surface area contributed by atoms with Crippen molar-refractivity contribution in [3.63, 3.8) is 0 Å². The van der Waals surface area contributed by atoms with Crippen LogP contribution in [0.15, 0.2) is 0 Å². The minimum Gasteiger partial charge on any atom is -0.416 e. The maximum atomic E-state index is 6.75. The predicted molar refractivity (Wildman–Crippen MR) is 29.8 cm³/mol. The van der Waals surface area contributed by atoms with E-state index in [9.17, 15) is 0 Å². The number of hydrogen-bond acceptors (Lipinski definition) is 1. The Bertz CT molecular complexity index is 70.3. The summed E-state index contributed by atoms with van der Waals surface area (Å²) in [6.07, 6.45) is 3.29. The van der Waals surface area contributed by atoms with Gasteiger partial charge in [-0.15, -0.1) is 0 Å². The zero-order valence-corrected chi connectivity index (χ0v) is 7.45. The standard InChI is InChI=1S/C4H7O.N3.Na/c1-2-4-5-3-1;1-3-2;/h1H,2-4H2;;/q2*-1;+1. The van der Waals surface area contributed by atoms with Crippen LogP contribution in [0.1, 0.15) is 6.42 Å². The Morgan fingerprint density at radius 2 is 2.00 bits per heavy atom. The van der Waals surface area contributed by atoms with Crippen LogP contribution in [0.4, 0.5) is 0 Å². The maximum Gasteiger partial charge on any atom is 1.00 e. The van der Waals surface area contributed by atoms with Crippen molar-refractivity contribution in [1.29, 1.82) is 0 Å². The second kappa shape index (κ2) is 11.1. The van der Waals surface area contributed by atoms with E-state index in [4.69, 9.17) is 15.8 Å². The smallest absolute Gasteiger partial charge is 0.416 e. The molecule has 0 saturated carbocycles. The predicted octanol–water partition coefficient (Wildman–Crippen LogP) is -1.52. The van der Waals surface area contributed by atoms with Crippen molar-refractivity contribution >= 4 is 0 Å². The van der Waals surface area contributed by atoms with Gasteiger partial charge in [-0.2, -0.15) is 6.42 Å². The quantitative estimate of drug-likeness (QED) is 0.131. The summed E-state index contributed by atoms with van der Waals surface area (Å²) >= 11 is 0. The Morgan fingerprint density at radius 3 is 2.11 bits per heavy atom. The van der Waals surface area contributed by atoms with Gasteiger partial charge in [0.25, 0.3) is 0 Å². The fourth-order valence-corrected chi connectivity index (χ4v) is 0.417. The molecular formula is C4H7N3NaO-. The molecule has 1 heterocycles. The third kappa shape index (κ3) is 11.7. The van der Waals surface area contributed by atoms with E-state index in [1.807, 2.05) is 0 Å². The fraction of sp³-hybridized carbons (Fsp3) is 0.750. The molecular weight excluding hydrogens is 129 g/mol. The molecule has 0 atom stereocenters. The summed E-state index contributed by atoms with van der Waals surface area (Å²) in [5.74, 6) is 0. The zero-order chi connectivity index (χ0) is 6.24.